The van der Waals surface area contributed by atoms with E-state index in [-0.39, 0.29) is 11.7 Å². The van der Waals surface area contributed by atoms with Gasteiger partial charge in [0, 0.05) is 19.6 Å². The van der Waals surface area contributed by atoms with Crippen molar-refractivity contribution in [1.29, 1.82) is 0 Å². The number of hydrogen-bond donors (Lipinski definition) is 1. The summed E-state index contributed by atoms with van der Waals surface area (Å²) in [6, 6.07) is 10.2. The van der Waals surface area contributed by atoms with E-state index in [1.165, 1.54) is 23.5 Å². The minimum atomic E-state index is -0.266. The lowest BCUT2D eigenvalue weighted by Crippen LogP contribution is -2.36. The highest BCUT2D eigenvalue weighted by molar-refractivity contribution is 7.21. The predicted molar refractivity (Wildman–Crippen MR) is 112 cm³/mol. The fourth-order valence-electron chi connectivity index (χ4n) is 3.33. The van der Waals surface area contributed by atoms with E-state index in [1.54, 1.807) is 19.2 Å². The Hall–Kier alpha value is -2.71. The Bertz CT molecular complexity index is 1000. The molecule has 1 fully saturated rings. The number of methoxy groups -OCH3 is 1. The van der Waals surface area contributed by atoms with Crippen LogP contribution < -0.4 is 15.0 Å². The number of carbonyl (C=O) groups excluding carboxylic acids is 1. The number of benzene rings is 2. The molecule has 1 aliphatic rings. The minimum absolute atomic E-state index is 0.219. The van der Waals surface area contributed by atoms with Crippen LogP contribution in [0.25, 0.3) is 10.2 Å². The molecule has 1 saturated heterocycles. The molecule has 2 heterocycles. The number of aromatic nitrogens is 1. The maximum Gasteiger partial charge on any atom is 0.280 e. The Morgan fingerprint density at radius 2 is 2.00 bits per heavy atom. The molecule has 0 saturated carbocycles. The van der Waals surface area contributed by atoms with E-state index in [0.717, 1.165) is 29.0 Å². The average Bonchev–Trinajstić information content (AvgIpc) is 3.20. The highest BCUT2D eigenvalue weighted by Gasteiger charge is 2.21. The normalized spacial score (nSPS) is 14.2. The third-order valence-corrected chi connectivity index (χ3v) is 5.94. The first-order valence-electron chi connectivity index (χ1n) is 9.48. The number of ether oxygens (including phenoxy) is 2. The molecule has 0 radical (unpaired) electrons. The molecule has 0 bridgehead atoms. The SMILES string of the molecule is COc1ccc(N2CCOCC2)c2sc(C(=O)NCCc3ccc(F)cc3)nc12. The molecular formula is C21H22FN3O3S. The van der Waals surface area contributed by atoms with E-state index in [9.17, 15) is 9.18 Å². The lowest BCUT2D eigenvalue weighted by atomic mass is 10.1. The van der Waals surface area contributed by atoms with Gasteiger partial charge < -0.3 is 19.7 Å². The number of rotatable bonds is 6. The first kappa shape index (κ1) is 19.6. The number of fused-ring (bicyclic) bond motifs is 1. The fraction of sp³-hybridized carbons (Fsp3) is 0.333. The van der Waals surface area contributed by atoms with Gasteiger partial charge in [-0.3, -0.25) is 4.79 Å². The third kappa shape index (κ3) is 4.33. The number of nitrogens with one attached hydrogen (secondary N) is 1. The molecule has 8 heteroatoms. The summed E-state index contributed by atoms with van der Waals surface area (Å²) in [7, 11) is 1.60. The molecular weight excluding hydrogens is 393 g/mol. The van der Waals surface area contributed by atoms with E-state index < -0.39 is 0 Å². The predicted octanol–water partition coefficient (Wildman–Crippen LogP) is 3.25. The van der Waals surface area contributed by atoms with Crippen molar-refractivity contribution < 1.29 is 18.7 Å². The second-order valence-corrected chi connectivity index (χ2v) is 7.71. The number of hydrogen-bond acceptors (Lipinski definition) is 6. The van der Waals surface area contributed by atoms with Crippen LogP contribution in [0, 0.1) is 5.82 Å². The Labute approximate surface area is 172 Å². The summed E-state index contributed by atoms with van der Waals surface area (Å²) < 4.78 is 24.8. The Kier molecular flexibility index (Phi) is 5.92. The van der Waals surface area contributed by atoms with Crippen molar-refractivity contribution in [3.05, 3.63) is 52.8 Å². The number of morpholine rings is 1. The lowest BCUT2D eigenvalue weighted by Gasteiger charge is -2.29. The summed E-state index contributed by atoms with van der Waals surface area (Å²) in [4.78, 5) is 19.4. The summed E-state index contributed by atoms with van der Waals surface area (Å²) in [5.41, 5.74) is 2.71. The molecule has 0 unspecified atom stereocenters. The largest absolute Gasteiger partial charge is 0.494 e. The molecule has 1 aliphatic heterocycles. The molecule has 29 heavy (non-hydrogen) atoms. The first-order valence-corrected chi connectivity index (χ1v) is 10.3. The van der Waals surface area contributed by atoms with Gasteiger partial charge in [-0.2, -0.15) is 0 Å². The fourth-order valence-corrected chi connectivity index (χ4v) is 4.37. The van der Waals surface area contributed by atoms with Crippen molar-refractivity contribution in [2.75, 3.05) is 44.9 Å². The molecule has 6 nitrogen and oxygen atoms in total. The second kappa shape index (κ2) is 8.75. The van der Waals surface area contributed by atoms with Gasteiger partial charge in [-0.1, -0.05) is 12.1 Å². The van der Waals surface area contributed by atoms with Crippen LogP contribution >= 0.6 is 11.3 Å². The van der Waals surface area contributed by atoms with Gasteiger partial charge in [-0.05, 0) is 36.2 Å². The summed E-state index contributed by atoms with van der Waals surface area (Å²) >= 11 is 1.37. The zero-order valence-corrected chi connectivity index (χ0v) is 16.9. The second-order valence-electron chi connectivity index (χ2n) is 6.72. The highest BCUT2D eigenvalue weighted by Crippen LogP contribution is 2.37. The zero-order valence-electron chi connectivity index (χ0n) is 16.1. The molecule has 1 N–H and O–H groups in total. The summed E-state index contributed by atoms with van der Waals surface area (Å²) in [6.07, 6.45) is 0.624. The van der Waals surface area contributed by atoms with Crippen molar-refractivity contribution >= 4 is 33.1 Å². The van der Waals surface area contributed by atoms with Crippen LogP contribution in [-0.2, 0) is 11.2 Å². The molecule has 2 aromatic carbocycles. The zero-order chi connectivity index (χ0) is 20.2. The summed E-state index contributed by atoms with van der Waals surface area (Å²) in [6.45, 7) is 3.43. The van der Waals surface area contributed by atoms with E-state index in [0.29, 0.717) is 42.5 Å². The lowest BCUT2D eigenvalue weighted by molar-refractivity contribution is 0.0954. The molecule has 0 spiro atoms. The molecule has 0 atom stereocenters. The quantitative estimate of drug-likeness (QED) is 0.670. The van der Waals surface area contributed by atoms with Gasteiger partial charge in [0.15, 0.2) is 5.01 Å². The molecule has 152 valence electrons. The van der Waals surface area contributed by atoms with Gasteiger partial charge in [-0.25, -0.2) is 9.37 Å². The molecule has 1 amide bonds. The van der Waals surface area contributed by atoms with Crippen LogP contribution in [0.2, 0.25) is 0 Å². The topological polar surface area (TPSA) is 63.7 Å². The summed E-state index contributed by atoms with van der Waals surface area (Å²) in [5, 5.41) is 3.30. The maximum absolute atomic E-state index is 13.0. The van der Waals surface area contributed by atoms with Crippen LogP contribution in [0.3, 0.4) is 0 Å². The number of halogens is 1. The molecule has 1 aromatic heterocycles. The van der Waals surface area contributed by atoms with Crippen molar-refractivity contribution in [3.63, 3.8) is 0 Å². The van der Waals surface area contributed by atoms with Gasteiger partial charge in [0.2, 0.25) is 0 Å². The van der Waals surface area contributed by atoms with Crippen LogP contribution in [0.4, 0.5) is 10.1 Å². The van der Waals surface area contributed by atoms with E-state index >= 15 is 0 Å². The number of nitrogens with zero attached hydrogens (tertiary/aromatic N) is 2. The van der Waals surface area contributed by atoms with Gasteiger partial charge in [0.05, 0.1) is 30.7 Å². The van der Waals surface area contributed by atoms with E-state index in [4.69, 9.17) is 9.47 Å². The standard InChI is InChI=1S/C21H22FN3O3S/c1-27-17-7-6-16(25-10-12-28-13-11-25)19-18(17)24-21(29-19)20(26)23-9-8-14-2-4-15(22)5-3-14/h2-7H,8-13H2,1H3,(H,23,26). The minimum Gasteiger partial charge on any atom is -0.494 e. The van der Waals surface area contributed by atoms with E-state index in [2.05, 4.69) is 15.2 Å². The Morgan fingerprint density at radius 3 is 2.72 bits per heavy atom. The van der Waals surface area contributed by atoms with Gasteiger partial charge in [-0.15, -0.1) is 11.3 Å². The highest BCUT2D eigenvalue weighted by atomic mass is 32.1. The van der Waals surface area contributed by atoms with Crippen molar-refractivity contribution in [3.8, 4) is 5.75 Å². The van der Waals surface area contributed by atoms with Gasteiger partial charge in [0.25, 0.3) is 5.91 Å². The Balaban J connectivity index is 1.52. The van der Waals surface area contributed by atoms with E-state index in [1.807, 2.05) is 12.1 Å². The molecule has 4 rings (SSSR count). The summed E-state index contributed by atoms with van der Waals surface area (Å²) in [5.74, 6) is 0.166. The molecule has 3 aromatic rings. The average molecular weight is 415 g/mol. The van der Waals surface area contributed by atoms with Crippen molar-refractivity contribution in [2.24, 2.45) is 0 Å². The number of amides is 1. The number of anilines is 1. The van der Waals surface area contributed by atoms with Crippen LogP contribution in [0.15, 0.2) is 36.4 Å². The van der Waals surface area contributed by atoms with Crippen molar-refractivity contribution in [2.45, 2.75) is 6.42 Å². The Morgan fingerprint density at radius 1 is 1.24 bits per heavy atom. The monoisotopic (exact) mass is 415 g/mol. The van der Waals surface area contributed by atoms with Crippen LogP contribution in [-0.4, -0.2) is 50.8 Å². The number of thiazole rings is 1. The maximum atomic E-state index is 13.0. The number of carbonyl (C=O) groups is 1. The third-order valence-electron chi connectivity index (χ3n) is 4.86. The van der Waals surface area contributed by atoms with Crippen LogP contribution in [0.5, 0.6) is 5.75 Å². The van der Waals surface area contributed by atoms with Crippen molar-refractivity contribution in [1.82, 2.24) is 10.3 Å². The van der Waals surface area contributed by atoms with Crippen LogP contribution in [0.1, 0.15) is 15.4 Å². The smallest absolute Gasteiger partial charge is 0.280 e. The van der Waals surface area contributed by atoms with Gasteiger partial charge >= 0.3 is 0 Å². The van der Waals surface area contributed by atoms with Gasteiger partial charge in [0.1, 0.15) is 17.1 Å². The first-order chi connectivity index (χ1) is 14.2. The molecule has 0 aliphatic carbocycles.